The summed E-state index contributed by atoms with van der Waals surface area (Å²) >= 11 is 0. The van der Waals surface area contributed by atoms with Gasteiger partial charge in [0.05, 0.1) is 17.0 Å². The third kappa shape index (κ3) is 4.19. The van der Waals surface area contributed by atoms with E-state index >= 15 is 0 Å². The molecule has 1 aliphatic rings. The predicted molar refractivity (Wildman–Crippen MR) is 116 cm³/mol. The number of imide groups is 1. The maximum atomic E-state index is 13.4. The number of anilines is 1. The van der Waals surface area contributed by atoms with Gasteiger partial charge in [0.15, 0.2) is 0 Å². The second-order valence-corrected chi connectivity index (χ2v) is 8.27. The van der Waals surface area contributed by atoms with Crippen LogP contribution in [0.3, 0.4) is 0 Å². The molecule has 162 valence electrons. The number of amides is 3. The molecule has 8 heteroatoms. The van der Waals surface area contributed by atoms with Crippen molar-refractivity contribution in [3.05, 3.63) is 69.8 Å². The molecule has 0 saturated carbocycles. The highest BCUT2D eigenvalue weighted by molar-refractivity contribution is 6.23. The van der Waals surface area contributed by atoms with Crippen LogP contribution < -0.4 is 4.90 Å². The van der Waals surface area contributed by atoms with Gasteiger partial charge in [0, 0.05) is 23.2 Å². The highest BCUT2D eigenvalue weighted by Gasteiger charge is 2.48. The van der Waals surface area contributed by atoms with Crippen LogP contribution in [-0.4, -0.2) is 39.1 Å². The largest absolute Gasteiger partial charge is 0.321 e. The topological polar surface area (TPSA) is 101 Å². The van der Waals surface area contributed by atoms with E-state index in [4.69, 9.17) is 0 Å². The summed E-state index contributed by atoms with van der Waals surface area (Å²) in [5, 5.41) is 10.9. The Kier molecular flexibility index (Phi) is 5.92. The summed E-state index contributed by atoms with van der Waals surface area (Å²) in [5.74, 6) is -1.27. The minimum atomic E-state index is -0.952. The van der Waals surface area contributed by atoms with Crippen LogP contribution in [0.1, 0.15) is 49.5 Å². The number of hydrogen-bond acceptors (Lipinski definition) is 5. The van der Waals surface area contributed by atoms with Crippen molar-refractivity contribution >= 4 is 29.1 Å². The van der Waals surface area contributed by atoms with Gasteiger partial charge >= 0.3 is 0 Å². The second-order valence-electron chi connectivity index (χ2n) is 8.27. The van der Waals surface area contributed by atoms with Gasteiger partial charge in [0.1, 0.15) is 6.04 Å². The molecule has 3 rings (SSSR count). The van der Waals surface area contributed by atoms with E-state index in [-0.39, 0.29) is 23.6 Å². The van der Waals surface area contributed by atoms with Crippen LogP contribution in [0.25, 0.3) is 0 Å². The maximum Gasteiger partial charge on any atom is 0.269 e. The summed E-state index contributed by atoms with van der Waals surface area (Å²) in [7, 11) is 0. The number of nitro groups is 1. The summed E-state index contributed by atoms with van der Waals surface area (Å²) in [6.45, 7) is 7.48. The Morgan fingerprint density at radius 3 is 2.23 bits per heavy atom. The van der Waals surface area contributed by atoms with E-state index in [2.05, 4.69) is 0 Å². The summed E-state index contributed by atoms with van der Waals surface area (Å²) in [6, 6.07) is 11.4. The first-order valence-corrected chi connectivity index (χ1v) is 10.1. The van der Waals surface area contributed by atoms with Crippen LogP contribution >= 0.6 is 0 Å². The van der Waals surface area contributed by atoms with E-state index < -0.39 is 28.3 Å². The molecule has 0 N–H and O–H groups in total. The zero-order chi connectivity index (χ0) is 22.9. The van der Waals surface area contributed by atoms with Crippen LogP contribution in [0.15, 0.2) is 48.5 Å². The molecule has 2 aromatic carbocycles. The minimum absolute atomic E-state index is 0.116. The molecule has 1 atom stereocenters. The monoisotopic (exact) mass is 423 g/mol. The molecule has 0 aliphatic carbocycles. The zero-order valence-corrected chi connectivity index (χ0v) is 18.0. The van der Waals surface area contributed by atoms with E-state index in [1.807, 2.05) is 39.8 Å². The Balaban J connectivity index is 1.98. The van der Waals surface area contributed by atoms with Crippen LogP contribution in [0.5, 0.6) is 0 Å². The summed E-state index contributed by atoms with van der Waals surface area (Å²) in [5.41, 5.74) is 0.848. The van der Waals surface area contributed by atoms with Crippen LogP contribution in [0.2, 0.25) is 0 Å². The van der Waals surface area contributed by atoms with Crippen molar-refractivity contribution in [3.8, 4) is 0 Å². The van der Waals surface area contributed by atoms with Crippen molar-refractivity contribution in [3.63, 3.8) is 0 Å². The van der Waals surface area contributed by atoms with Crippen molar-refractivity contribution in [1.29, 1.82) is 0 Å². The number of nitro benzene ring substituents is 1. The Morgan fingerprint density at radius 1 is 1.13 bits per heavy atom. The Labute approximate surface area is 180 Å². The first-order valence-electron chi connectivity index (χ1n) is 10.1. The molecule has 0 aromatic heterocycles. The van der Waals surface area contributed by atoms with Gasteiger partial charge < -0.3 is 4.90 Å². The zero-order valence-electron chi connectivity index (χ0n) is 18.0. The van der Waals surface area contributed by atoms with Gasteiger partial charge in [0.2, 0.25) is 5.91 Å². The number of rotatable bonds is 6. The van der Waals surface area contributed by atoms with Crippen molar-refractivity contribution in [1.82, 2.24) is 4.90 Å². The Bertz CT molecular complexity index is 1030. The molecule has 3 amide bonds. The molecule has 0 radical (unpaired) electrons. The standard InChI is InChI=1S/C23H25N3O5/c1-5-23(3,4)25(21(28)16-8-12-18(13-9-16)26(30)31)19-14-20(27)24(22(19)29)17-10-6-15(2)7-11-17/h6-13,19H,5,14H2,1-4H3. The SMILES string of the molecule is CCC(C)(C)N(C(=O)c1ccc([N+](=O)[O-])cc1)C1CC(=O)N(c2ccc(C)cc2)C1=O. The molecular weight excluding hydrogens is 398 g/mol. The van der Waals surface area contributed by atoms with E-state index in [0.29, 0.717) is 12.1 Å². The third-order valence-electron chi connectivity index (χ3n) is 5.79. The van der Waals surface area contributed by atoms with Crippen molar-refractivity contribution in [2.75, 3.05) is 4.90 Å². The Hall–Kier alpha value is -3.55. The van der Waals surface area contributed by atoms with Crippen LogP contribution in [0.4, 0.5) is 11.4 Å². The molecule has 1 fully saturated rings. The number of carbonyl (C=O) groups excluding carboxylic acids is 3. The number of hydrogen-bond donors (Lipinski definition) is 0. The van der Waals surface area contributed by atoms with E-state index in [1.54, 1.807) is 12.1 Å². The quantitative estimate of drug-likeness (QED) is 0.399. The first kappa shape index (κ1) is 22.1. The molecule has 1 aliphatic heterocycles. The summed E-state index contributed by atoms with van der Waals surface area (Å²) in [4.78, 5) is 52.5. The Morgan fingerprint density at radius 2 is 1.71 bits per heavy atom. The molecule has 0 bridgehead atoms. The van der Waals surface area contributed by atoms with Crippen molar-refractivity contribution in [2.45, 2.75) is 52.1 Å². The number of aryl methyl sites for hydroxylation is 1. The smallest absolute Gasteiger partial charge is 0.269 e. The van der Waals surface area contributed by atoms with Gasteiger partial charge in [-0.25, -0.2) is 4.90 Å². The van der Waals surface area contributed by atoms with E-state index in [1.165, 1.54) is 29.2 Å². The number of non-ortho nitro benzene ring substituents is 1. The van der Waals surface area contributed by atoms with Gasteiger partial charge in [-0.3, -0.25) is 24.5 Å². The van der Waals surface area contributed by atoms with Gasteiger partial charge in [-0.05, 0) is 51.5 Å². The average Bonchev–Trinajstić information content (AvgIpc) is 3.02. The summed E-state index contributed by atoms with van der Waals surface area (Å²) in [6.07, 6.45) is 0.434. The van der Waals surface area contributed by atoms with Crippen molar-refractivity contribution in [2.24, 2.45) is 0 Å². The van der Waals surface area contributed by atoms with E-state index in [9.17, 15) is 24.5 Å². The van der Waals surface area contributed by atoms with E-state index in [0.717, 1.165) is 10.5 Å². The first-order chi connectivity index (χ1) is 14.6. The van der Waals surface area contributed by atoms with Crippen LogP contribution in [0, 0.1) is 17.0 Å². The highest BCUT2D eigenvalue weighted by Crippen LogP contribution is 2.32. The van der Waals surface area contributed by atoms with Gasteiger partial charge in [-0.2, -0.15) is 0 Å². The molecular formula is C23H25N3O5. The fourth-order valence-corrected chi connectivity index (χ4v) is 3.66. The van der Waals surface area contributed by atoms with Gasteiger partial charge in [-0.1, -0.05) is 24.6 Å². The molecule has 0 spiro atoms. The molecule has 31 heavy (non-hydrogen) atoms. The lowest BCUT2D eigenvalue weighted by molar-refractivity contribution is -0.384. The normalized spacial score (nSPS) is 16.5. The highest BCUT2D eigenvalue weighted by atomic mass is 16.6. The average molecular weight is 423 g/mol. The lowest BCUT2D eigenvalue weighted by Crippen LogP contribution is -2.55. The minimum Gasteiger partial charge on any atom is -0.321 e. The number of benzene rings is 2. The lowest BCUT2D eigenvalue weighted by Gasteiger charge is -2.41. The van der Waals surface area contributed by atoms with Crippen LogP contribution in [-0.2, 0) is 9.59 Å². The molecule has 8 nitrogen and oxygen atoms in total. The molecule has 1 heterocycles. The number of carbonyl (C=O) groups is 3. The predicted octanol–water partition coefficient (Wildman–Crippen LogP) is 3.87. The molecule has 1 saturated heterocycles. The maximum absolute atomic E-state index is 13.4. The van der Waals surface area contributed by atoms with Crippen molar-refractivity contribution < 1.29 is 19.3 Å². The second kappa shape index (κ2) is 8.29. The molecule has 1 unspecified atom stereocenters. The fourth-order valence-electron chi connectivity index (χ4n) is 3.66. The lowest BCUT2D eigenvalue weighted by atomic mass is 9.94. The van der Waals surface area contributed by atoms with Gasteiger partial charge in [-0.15, -0.1) is 0 Å². The fraction of sp³-hybridized carbons (Fsp3) is 0.348. The van der Waals surface area contributed by atoms with Gasteiger partial charge in [0.25, 0.3) is 17.5 Å². The summed E-state index contributed by atoms with van der Waals surface area (Å²) < 4.78 is 0. The number of nitrogens with zero attached hydrogens (tertiary/aromatic N) is 3. The molecule has 2 aromatic rings. The third-order valence-corrected chi connectivity index (χ3v) is 5.79.